The van der Waals surface area contributed by atoms with E-state index in [4.69, 9.17) is 22.3 Å². The standard InChI is InChI=1S/C8H6BrCl2N3O3S/c9-5-2-12-8(13-7(5)10)14-3-4(1-6(14)15)18(11,16)17/h2,4H,1,3H2. The molecule has 1 amide bonds. The second-order valence-electron chi connectivity index (χ2n) is 3.61. The average molecular weight is 375 g/mol. The molecular formula is C8H6BrCl2N3O3S. The lowest BCUT2D eigenvalue weighted by atomic mass is 10.4. The molecule has 0 aromatic carbocycles. The van der Waals surface area contributed by atoms with Gasteiger partial charge in [-0.1, -0.05) is 11.6 Å². The number of carbonyl (C=O) groups excluding carboxylic acids is 1. The van der Waals surface area contributed by atoms with Gasteiger partial charge in [0.05, 0.1) is 4.47 Å². The van der Waals surface area contributed by atoms with Crippen LogP contribution in [0.25, 0.3) is 0 Å². The number of carbonyl (C=O) groups is 1. The maximum Gasteiger partial charge on any atom is 0.237 e. The van der Waals surface area contributed by atoms with Gasteiger partial charge in [-0.15, -0.1) is 0 Å². The van der Waals surface area contributed by atoms with Crippen molar-refractivity contribution in [1.29, 1.82) is 0 Å². The summed E-state index contributed by atoms with van der Waals surface area (Å²) < 4.78 is 22.9. The lowest BCUT2D eigenvalue weighted by Crippen LogP contribution is -2.28. The van der Waals surface area contributed by atoms with Gasteiger partial charge in [-0.25, -0.2) is 13.4 Å². The fourth-order valence-corrected chi connectivity index (χ4v) is 2.87. The number of halogens is 3. The summed E-state index contributed by atoms with van der Waals surface area (Å²) in [4.78, 5) is 20.7. The molecule has 1 unspecified atom stereocenters. The molecule has 0 aliphatic carbocycles. The van der Waals surface area contributed by atoms with Crippen LogP contribution in [0.5, 0.6) is 0 Å². The first kappa shape index (κ1) is 14.0. The molecule has 0 N–H and O–H groups in total. The second kappa shape index (κ2) is 4.92. The highest BCUT2D eigenvalue weighted by Crippen LogP contribution is 2.27. The van der Waals surface area contributed by atoms with Gasteiger partial charge in [0.15, 0.2) is 0 Å². The van der Waals surface area contributed by atoms with Crippen LogP contribution >= 0.6 is 38.2 Å². The van der Waals surface area contributed by atoms with E-state index < -0.39 is 20.2 Å². The van der Waals surface area contributed by atoms with Gasteiger partial charge in [0.25, 0.3) is 0 Å². The molecule has 2 rings (SSSR count). The normalized spacial score (nSPS) is 20.5. The van der Waals surface area contributed by atoms with E-state index in [0.29, 0.717) is 4.47 Å². The van der Waals surface area contributed by atoms with E-state index in [1.54, 1.807) is 0 Å². The summed E-state index contributed by atoms with van der Waals surface area (Å²) in [5.41, 5.74) is 0. The Labute approximate surface area is 121 Å². The zero-order chi connectivity index (χ0) is 13.5. The van der Waals surface area contributed by atoms with Gasteiger partial charge in [0.2, 0.25) is 20.9 Å². The Morgan fingerprint density at radius 2 is 2.17 bits per heavy atom. The molecule has 18 heavy (non-hydrogen) atoms. The SMILES string of the molecule is O=C1CC(S(=O)(=O)Cl)CN1c1ncc(Br)c(Cl)n1. The van der Waals surface area contributed by atoms with Gasteiger partial charge >= 0.3 is 0 Å². The highest BCUT2D eigenvalue weighted by molar-refractivity contribution is 9.10. The molecule has 0 bridgehead atoms. The summed E-state index contributed by atoms with van der Waals surface area (Å²) in [7, 11) is 1.45. The Morgan fingerprint density at radius 3 is 2.67 bits per heavy atom. The number of anilines is 1. The Bertz CT molecular complexity index is 610. The Kier molecular flexibility index (Phi) is 3.82. The van der Waals surface area contributed by atoms with E-state index >= 15 is 0 Å². The maximum atomic E-state index is 11.7. The van der Waals surface area contributed by atoms with Gasteiger partial charge in [0.1, 0.15) is 10.4 Å². The first-order valence-corrected chi connectivity index (χ1v) is 8.25. The summed E-state index contributed by atoms with van der Waals surface area (Å²) in [6, 6.07) is 0. The number of nitrogens with zero attached hydrogens (tertiary/aromatic N) is 3. The number of rotatable bonds is 2. The van der Waals surface area contributed by atoms with Crippen molar-refractivity contribution in [3.05, 3.63) is 15.8 Å². The van der Waals surface area contributed by atoms with E-state index in [1.165, 1.54) is 6.20 Å². The van der Waals surface area contributed by atoms with Crippen molar-refractivity contribution < 1.29 is 13.2 Å². The van der Waals surface area contributed by atoms with Gasteiger partial charge in [0, 0.05) is 29.8 Å². The van der Waals surface area contributed by atoms with Gasteiger partial charge in [-0.3, -0.25) is 9.69 Å². The minimum absolute atomic E-state index is 0.0658. The van der Waals surface area contributed by atoms with Gasteiger partial charge < -0.3 is 0 Å². The van der Waals surface area contributed by atoms with Crippen LogP contribution in [0, 0.1) is 0 Å². The van der Waals surface area contributed by atoms with Gasteiger partial charge in [-0.2, -0.15) is 4.98 Å². The van der Waals surface area contributed by atoms with E-state index in [9.17, 15) is 13.2 Å². The molecule has 0 saturated carbocycles. The van der Waals surface area contributed by atoms with Crippen LogP contribution in [0.1, 0.15) is 6.42 Å². The summed E-state index contributed by atoms with van der Waals surface area (Å²) in [6.45, 7) is -0.0668. The summed E-state index contributed by atoms with van der Waals surface area (Å²) in [5, 5.41) is -0.803. The molecule has 0 spiro atoms. The van der Waals surface area contributed by atoms with Crippen LogP contribution in [0.4, 0.5) is 5.95 Å². The van der Waals surface area contributed by atoms with Crippen molar-refractivity contribution in [1.82, 2.24) is 9.97 Å². The molecular weight excluding hydrogens is 369 g/mol. The third-order valence-electron chi connectivity index (χ3n) is 2.42. The molecule has 1 saturated heterocycles. The van der Waals surface area contributed by atoms with Crippen molar-refractivity contribution in [3.8, 4) is 0 Å². The number of amides is 1. The molecule has 6 nitrogen and oxygen atoms in total. The quantitative estimate of drug-likeness (QED) is 0.579. The zero-order valence-electron chi connectivity index (χ0n) is 8.68. The molecule has 0 radical (unpaired) electrons. The molecule has 10 heteroatoms. The summed E-state index contributed by atoms with van der Waals surface area (Å²) in [6.07, 6.45) is 1.21. The van der Waals surface area contributed by atoms with Crippen LogP contribution in [-0.2, 0) is 13.8 Å². The number of hydrogen-bond donors (Lipinski definition) is 0. The predicted octanol–water partition coefficient (Wildman–Crippen LogP) is 1.57. The van der Waals surface area contributed by atoms with Crippen molar-refractivity contribution >= 4 is 59.1 Å². The third kappa shape index (κ3) is 2.76. The molecule has 1 aromatic rings. The monoisotopic (exact) mass is 373 g/mol. The first-order valence-electron chi connectivity index (χ1n) is 4.71. The third-order valence-corrected chi connectivity index (χ3v) is 5.38. The molecule has 98 valence electrons. The van der Waals surface area contributed by atoms with Crippen LogP contribution < -0.4 is 4.90 Å². The van der Waals surface area contributed by atoms with Crippen molar-refractivity contribution in [2.45, 2.75) is 11.7 Å². The lowest BCUT2D eigenvalue weighted by molar-refractivity contribution is -0.117. The maximum absolute atomic E-state index is 11.7. The zero-order valence-corrected chi connectivity index (χ0v) is 12.6. The average Bonchev–Trinajstić information content (AvgIpc) is 2.64. The molecule has 1 aliphatic heterocycles. The fourth-order valence-electron chi connectivity index (χ4n) is 1.52. The Morgan fingerprint density at radius 1 is 1.50 bits per heavy atom. The van der Waals surface area contributed by atoms with Crippen LogP contribution in [0.3, 0.4) is 0 Å². The second-order valence-corrected chi connectivity index (χ2v) is 7.74. The molecule has 2 heterocycles. The number of hydrogen-bond acceptors (Lipinski definition) is 5. The molecule has 1 aliphatic rings. The fraction of sp³-hybridized carbons (Fsp3) is 0.375. The van der Waals surface area contributed by atoms with Crippen LogP contribution in [-0.4, -0.2) is 36.1 Å². The van der Waals surface area contributed by atoms with E-state index in [1.807, 2.05) is 0 Å². The van der Waals surface area contributed by atoms with Crippen molar-refractivity contribution in [2.24, 2.45) is 0 Å². The highest BCUT2D eigenvalue weighted by atomic mass is 79.9. The first-order chi connectivity index (χ1) is 8.29. The Balaban J connectivity index is 2.30. The summed E-state index contributed by atoms with van der Waals surface area (Å²) in [5.74, 6) is -0.335. The van der Waals surface area contributed by atoms with Crippen LogP contribution in [0.15, 0.2) is 10.7 Å². The van der Waals surface area contributed by atoms with Crippen molar-refractivity contribution in [3.63, 3.8) is 0 Å². The minimum Gasteiger partial charge on any atom is -0.279 e. The molecule has 1 fully saturated rings. The van der Waals surface area contributed by atoms with E-state index in [2.05, 4.69) is 25.9 Å². The van der Waals surface area contributed by atoms with E-state index in [0.717, 1.165) is 4.90 Å². The topological polar surface area (TPSA) is 80.2 Å². The lowest BCUT2D eigenvalue weighted by Gasteiger charge is -2.13. The Hall–Kier alpha value is -0.440. The molecule has 1 atom stereocenters. The highest BCUT2D eigenvalue weighted by Gasteiger charge is 2.39. The largest absolute Gasteiger partial charge is 0.279 e. The predicted molar refractivity (Wildman–Crippen MR) is 70.3 cm³/mol. The van der Waals surface area contributed by atoms with E-state index in [-0.39, 0.29) is 24.1 Å². The smallest absolute Gasteiger partial charge is 0.237 e. The minimum atomic E-state index is -3.78. The van der Waals surface area contributed by atoms with Crippen LogP contribution in [0.2, 0.25) is 5.15 Å². The van der Waals surface area contributed by atoms with Crippen molar-refractivity contribution in [2.75, 3.05) is 11.4 Å². The summed E-state index contributed by atoms with van der Waals surface area (Å²) >= 11 is 8.91. The number of aromatic nitrogens is 2. The molecule has 1 aromatic heterocycles. The van der Waals surface area contributed by atoms with Gasteiger partial charge in [-0.05, 0) is 15.9 Å².